The highest BCUT2D eigenvalue weighted by molar-refractivity contribution is 5.89. The van der Waals surface area contributed by atoms with Gasteiger partial charge in [-0.05, 0) is 13.3 Å². The van der Waals surface area contributed by atoms with Crippen molar-refractivity contribution in [3.63, 3.8) is 0 Å². The SMILES string of the molecule is CCOC(=O)C1CNCCN1C(=O)CN1CCCC1=O. The number of esters is 1. The Morgan fingerprint density at radius 2 is 2.20 bits per heavy atom. The molecule has 112 valence electrons. The molecule has 1 unspecified atom stereocenters. The highest BCUT2D eigenvalue weighted by Crippen LogP contribution is 2.12. The zero-order valence-electron chi connectivity index (χ0n) is 11.8. The van der Waals surface area contributed by atoms with Crippen LogP contribution in [0.4, 0.5) is 0 Å². The molecule has 0 saturated carbocycles. The lowest BCUT2D eigenvalue weighted by molar-refractivity contribution is -0.156. The first-order valence-corrected chi connectivity index (χ1v) is 7.08. The van der Waals surface area contributed by atoms with Gasteiger partial charge in [-0.15, -0.1) is 0 Å². The summed E-state index contributed by atoms with van der Waals surface area (Å²) in [4.78, 5) is 38.8. The number of piperazine rings is 1. The number of hydrogen-bond acceptors (Lipinski definition) is 5. The largest absolute Gasteiger partial charge is 0.464 e. The summed E-state index contributed by atoms with van der Waals surface area (Å²) in [6.45, 7) is 4.24. The minimum atomic E-state index is -0.589. The molecule has 0 aliphatic carbocycles. The van der Waals surface area contributed by atoms with E-state index in [-0.39, 0.29) is 24.3 Å². The van der Waals surface area contributed by atoms with E-state index in [0.717, 1.165) is 6.42 Å². The van der Waals surface area contributed by atoms with Crippen molar-refractivity contribution in [2.45, 2.75) is 25.8 Å². The number of hydrogen-bond donors (Lipinski definition) is 1. The molecule has 0 aromatic heterocycles. The second-order valence-electron chi connectivity index (χ2n) is 4.98. The highest BCUT2D eigenvalue weighted by Gasteiger charge is 2.34. The van der Waals surface area contributed by atoms with Crippen LogP contribution in [0, 0.1) is 0 Å². The summed E-state index contributed by atoms with van der Waals surface area (Å²) in [7, 11) is 0. The van der Waals surface area contributed by atoms with Gasteiger partial charge in [-0.3, -0.25) is 9.59 Å². The molecule has 1 atom stereocenters. The van der Waals surface area contributed by atoms with Crippen LogP contribution < -0.4 is 5.32 Å². The molecule has 2 aliphatic heterocycles. The van der Waals surface area contributed by atoms with Gasteiger partial charge in [0.2, 0.25) is 11.8 Å². The third kappa shape index (κ3) is 3.27. The Morgan fingerprint density at radius 1 is 1.40 bits per heavy atom. The Morgan fingerprint density at radius 3 is 2.85 bits per heavy atom. The van der Waals surface area contributed by atoms with E-state index < -0.39 is 6.04 Å². The van der Waals surface area contributed by atoms with E-state index in [1.807, 2.05) is 0 Å². The van der Waals surface area contributed by atoms with E-state index in [2.05, 4.69) is 5.32 Å². The van der Waals surface area contributed by atoms with Crippen molar-refractivity contribution in [1.29, 1.82) is 0 Å². The monoisotopic (exact) mass is 283 g/mol. The van der Waals surface area contributed by atoms with Crippen LogP contribution in [0.1, 0.15) is 19.8 Å². The van der Waals surface area contributed by atoms with Gasteiger partial charge in [0.05, 0.1) is 13.2 Å². The van der Waals surface area contributed by atoms with Crippen molar-refractivity contribution < 1.29 is 19.1 Å². The fourth-order valence-electron chi connectivity index (χ4n) is 2.58. The quantitative estimate of drug-likeness (QED) is 0.668. The molecule has 2 heterocycles. The second-order valence-corrected chi connectivity index (χ2v) is 4.98. The molecule has 7 heteroatoms. The third-order valence-electron chi connectivity index (χ3n) is 3.62. The number of ether oxygens (including phenoxy) is 1. The fraction of sp³-hybridized carbons (Fsp3) is 0.769. The molecule has 1 N–H and O–H groups in total. The number of carbonyl (C=O) groups is 3. The normalized spacial score (nSPS) is 23.1. The Labute approximate surface area is 118 Å². The molecule has 0 spiro atoms. The number of nitrogens with zero attached hydrogens (tertiary/aromatic N) is 2. The third-order valence-corrected chi connectivity index (χ3v) is 3.62. The predicted molar refractivity (Wildman–Crippen MR) is 70.8 cm³/mol. The molecular weight excluding hydrogens is 262 g/mol. The average Bonchev–Trinajstić information content (AvgIpc) is 2.84. The lowest BCUT2D eigenvalue weighted by atomic mass is 10.2. The van der Waals surface area contributed by atoms with E-state index in [4.69, 9.17) is 4.74 Å². The molecule has 0 aromatic rings. The van der Waals surface area contributed by atoms with Crippen molar-refractivity contribution in [2.24, 2.45) is 0 Å². The first kappa shape index (κ1) is 14.8. The molecule has 2 saturated heterocycles. The molecule has 2 fully saturated rings. The Hall–Kier alpha value is -1.63. The van der Waals surface area contributed by atoms with Crippen molar-refractivity contribution in [3.8, 4) is 0 Å². The summed E-state index contributed by atoms with van der Waals surface area (Å²) in [5, 5.41) is 3.09. The Bertz CT molecular complexity index is 399. The van der Waals surface area contributed by atoms with Gasteiger partial charge >= 0.3 is 5.97 Å². The zero-order chi connectivity index (χ0) is 14.5. The average molecular weight is 283 g/mol. The van der Waals surface area contributed by atoms with Crippen LogP contribution in [-0.4, -0.2) is 73.0 Å². The summed E-state index contributed by atoms with van der Waals surface area (Å²) in [5.74, 6) is -0.554. The van der Waals surface area contributed by atoms with Gasteiger partial charge in [0.25, 0.3) is 0 Å². The van der Waals surface area contributed by atoms with E-state index in [1.165, 1.54) is 4.90 Å². The summed E-state index contributed by atoms with van der Waals surface area (Å²) in [6, 6.07) is -0.589. The molecule has 2 rings (SSSR count). The maximum atomic E-state index is 12.3. The molecule has 0 bridgehead atoms. The number of likely N-dealkylation sites (tertiary alicyclic amines) is 1. The Balaban J connectivity index is 1.97. The topological polar surface area (TPSA) is 79.0 Å². The molecule has 2 aliphatic rings. The lowest BCUT2D eigenvalue weighted by Crippen LogP contribution is -2.59. The van der Waals surface area contributed by atoms with Crippen LogP contribution in [0.15, 0.2) is 0 Å². The lowest BCUT2D eigenvalue weighted by Gasteiger charge is -2.35. The number of nitrogens with one attached hydrogen (secondary N) is 1. The van der Waals surface area contributed by atoms with E-state index in [0.29, 0.717) is 39.2 Å². The standard InChI is InChI=1S/C13H21N3O4/c1-2-20-13(19)10-8-14-5-7-16(10)12(18)9-15-6-3-4-11(15)17/h10,14H,2-9H2,1H3. The van der Waals surface area contributed by atoms with Gasteiger partial charge in [-0.25, -0.2) is 4.79 Å². The van der Waals surface area contributed by atoms with Crippen molar-refractivity contribution in [1.82, 2.24) is 15.1 Å². The molecule has 20 heavy (non-hydrogen) atoms. The van der Waals surface area contributed by atoms with Gasteiger partial charge in [0.15, 0.2) is 0 Å². The zero-order valence-corrected chi connectivity index (χ0v) is 11.8. The van der Waals surface area contributed by atoms with Gasteiger partial charge < -0.3 is 19.9 Å². The molecule has 0 radical (unpaired) electrons. The number of amides is 2. The summed E-state index contributed by atoms with van der Waals surface area (Å²) in [6.07, 6.45) is 1.31. The van der Waals surface area contributed by atoms with Gasteiger partial charge in [-0.1, -0.05) is 0 Å². The second kappa shape index (κ2) is 6.69. The van der Waals surface area contributed by atoms with Crippen LogP contribution in [0.25, 0.3) is 0 Å². The fourth-order valence-corrected chi connectivity index (χ4v) is 2.58. The minimum absolute atomic E-state index is 0.0150. The van der Waals surface area contributed by atoms with Gasteiger partial charge in [0.1, 0.15) is 6.04 Å². The van der Waals surface area contributed by atoms with E-state index >= 15 is 0 Å². The van der Waals surface area contributed by atoms with Crippen LogP contribution in [0.3, 0.4) is 0 Å². The van der Waals surface area contributed by atoms with E-state index in [9.17, 15) is 14.4 Å². The number of rotatable bonds is 4. The van der Waals surface area contributed by atoms with Crippen molar-refractivity contribution >= 4 is 17.8 Å². The van der Waals surface area contributed by atoms with Gasteiger partial charge in [-0.2, -0.15) is 0 Å². The van der Waals surface area contributed by atoms with Crippen LogP contribution in [-0.2, 0) is 19.1 Å². The van der Waals surface area contributed by atoms with Crippen molar-refractivity contribution in [3.05, 3.63) is 0 Å². The van der Waals surface area contributed by atoms with Crippen LogP contribution in [0.2, 0.25) is 0 Å². The maximum absolute atomic E-state index is 12.3. The number of carbonyl (C=O) groups excluding carboxylic acids is 3. The smallest absolute Gasteiger partial charge is 0.330 e. The van der Waals surface area contributed by atoms with Gasteiger partial charge in [0, 0.05) is 32.6 Å². The first-order chi connectivity index (χ1) is 9.63. The molecule has 0 aromatic carbocycles. The molecule has 7 nitrogen and oxygen atoms in total. The first-order valence-electron chi connectivity index (χ1n) is 7.08. The van der Waals surface area contributed by atoms with Crippen molar-refractivity contribution in [2.75, 3.05) is 39.3 Å². The van der Waals surface area contributed by atoms with Crippen LogP contribution in [0.5, 0.6) is 0 Å². The summed E-state index contributed by atoms with van der Waals surface area (Å²) >= 11 is 0. The predicted octanol–water partition coefficient (Wildman–Crippen LogP) is -1.03. The summed E-state index contributed by atoms with van der Waals surface area (Å²) in [5.41, 5.74) is 0. The Kier molecular flexibility index (Phi) is 4.94. The maximum Gasteiger partial charge on any atom is 0.330 e. The highest BCUT2D eigenvalue weighted by atomic mass is 16.5. The molecular formula is C13H21N3O4. The minimum Gasteiger partial charge on any atom is -0.464 e. The summed E-state index contributed by atoms with van der Waals surface area (Å²) < 4.78 is 5.00. The van der Waals surface area contributed by atoms with Crippen LogP contribution >= 0.6 is 0 Å². The van der Waals surface area contributed by atoms with E-state index in [1.54, 1.807) is 11.8 Å². The molecule has 2 amide bonds.